The van der Waals surface area contributed by atoms with E-state index in [0.29, 0.717) is 11.1 Å². The Labute approximate surface area is 145 Å². The van der Waals surface area contributed by atoms with Crippen LogP contribution in [0.3, 0.4) is 0 Å². The lowest BCUT2D eigenvalue weighted by Crippen LogP contribution is -2.39. The van der Waals surface area contributed by atoms with E-state index in [2.05, 4.69) is 10.9 Å². The van der Waals surface area contributed by atoms with Crippen molar-refractivity contribution in [2.75, 3.05) is 5.43 Å². The number of hydrazine groups is 1. The van der Waals surface area contributed by atoms with Gasteiger partial charge in [0, 0.05) is 11.6 Å². The minimum absolute atomic E-state index is 0.00873. The van der Waals surface area contributed by atoms with Crippen LogP contribution in [0.4, 0.5) is 5.69 Å². The van der Waals surface area contributed by atoms with Crippen LogP contribution >= 0.6 is 0 Å². The van der Waals surface area contributed by atoms with Gasteiger partial charge in [-0.15, -0.1) is 0 Å². The molecule has 0 bridgehead atoms. The quantitative estimate of drug-likeness (QED) is 0.414. The third-order valence-corrected chi connectivity index (χ3v) is 3.64. The van der Waals surface area contributed by atoms with Crippen molar-refractivity contribution in [1.29, 1.82) is 0 Å². The maximum Gasteiger partial charge on any atom is 0.275 e. The summed E-state index contributed by atoms with van der Waals surface area (Å²) in [7, 11) is 0. The molecule has 1 heterocycles. The standard InChI is InChI=1S/C20H17N3O2/c24-19(16-8-3-1-4-9-16)15-23-13-7-10-17(14-23)20(25)22-21-18-11-5-2-6-12-18/h1-14,21H,15H2/p+1. The monoisotopic (exact) mass is 332 g/mol. The second kappa shape index (κ2) is 7.88. The third-order valence-electron chi connectivity index (χ3n) is 3.64. The van der Waals surface area contributed by atoms with Gasteiger partial charge in [-0.2, -0.15) is 4.57 Å². The highest BCUT2D eigenvalue weighted by Gasteiger charge is 2.14. The SMILES string of the molecule is O=C(C[n+]1cccc(C(=O)NNc2ccccc2)c1)c1ccccc1. The summed E-state index contributed by atoms with van der Waals surface area (Å²) in [4.78, 5) is 24.5. The van der Waals surface area contributed by atoms with Gasteiger partial charge in [-0.25, -0.2) is 0 Å². The number of pyridine rings is 1. The second-order valence-corrected chi connectivity index (χ2v) is 5.50. The topological polar surface area (TPSA) is 62.1 Å². The highest BCUT2D eigenvalue weighted by molar-refractivity contribution is 5.95. The molecule has 0 aliphatic heterocycles. The van der Waals surface area contributed by atoms with E-state index in [9.17, 15) is 9.59 Å². The predicted molar refractivity (Wildman–Crippen MR) is 94.9 cm³/mol. The fourth-order valence-corrected chi connectivity index (χ4v) is 2.36. The van der Waals surface area contributed by atoms with Gasteiger partial charge in [-0.05, 0) is 18.2 Å². The summed E-state index contributed by atoms with van der Waals surface area (Å²) in [6, 6.07) is 21.9. The number of carbonyl (C=O) groups is 2. The Morgan fingerprint density at radius 3 is 2.16 bits per heavy atom. The van der Waals surface area contributed by atoms with Gasteiger partial charge in [0.25, 0.3) is 5.91 Å². The minimum Gasteiger partial charge on any atom is -0.298 e. The summed E-state index contributed by atoms with van der Waals surface area (Å²) in [6.07, 6.45) is 3.42. The van der Waals surface area contributed by atoms with Crippen molar-refractivity contribution < 1.29 is 14.2 Å². The number of ketones is 1. The van der Waals surface area contributed by atoms with Crippen LogP contribution in [-0.2, 0) is 6.54 Å². The molecule has 1 amide bonds. The van der Waals surface area contributed by atoms with Gasteiger partial charge < -0.3 is 0 Å². The largest absolute Gasteiger partial charge is 0.298 e. The number of anilines is 1. The zero-order chi connectivity index (χ0) is 17.5. The Hall–Kier alpha value is -3.47. The van der Waals surface area contributed by atoms with Crippen molar-refractivity contribution in [3.05, 3.63) is 96.3 Å². The third kappa shape index (κ3) is 4.51. The number of aromatic nitrogens is 1. The van der Waals surface area contributed by atoms with Crippen LogP contribution in [0.15, 0.2) is 85.2 Å². The molecular weight excluding hydrogens is 314 g/mol. The number of carbonyl (C=O) groups excluding carboxylic acids is 2. The first-order valence-electron chi connectivity index (χ1n) is 7.91. The number of rotatable bonds is 6. The molecule has 5 nitrogen and oxygen atoms in total. The first-order valence-corrected chi connectivity index (χ1v) is 7.91. The molecule has 0 aliphatic rings. The number of hydrogen-bond acceptors (Lipinski definition) is 3. The second-order valence-electron chi connectivity index (χ2n) is 5.50. The van der Waals surface area contributed by atoms with Crippen molar-refractivity contribution in [2.45, 2.75) is 6.54 Å². The molecule has 0 atom stereocenters. The van der Waals surface area contributed by atoms with Crippen LogP contribution in [0.1, 0.15) is 20.7 Å². The van der Waals surface area contributed by atoms with Crippen molar-refractivity contribution in [1.82, 2.24) is 5.43 Å². The summed E-state index contributed by atoms with van der Waals surface area (Å²) in [5.74, 6) is -0.282. The fourth-order valence-electron chi connectivity index (χ4n) is 2.36. The molecule has 3 rings (SSSR count). The summed E-state index contributed by atoms with van der Waals surface area (Å²) in [5, 5.41) is 0. The van der Waals surface area contributed by atoms with Gasteiger partial charge in [-0.3, -0.25) is 20.4 Å². The number of benzene rings is 2. The molecule has 1 aromatic heterocycles. The van der Waals surface area contributed by atoms with Crippen LogP contribution in [0.2, 0.25) is 0 Å². The average Bonchev–Trinajstić information content (AvgIpc) is 2.68. The minimum atomic E-state index is -0.273. The Morgan fingerprint density at radius 2 is 1.44 bits per heavy atom. The van der Waals surface area contributed by atoms with Crippen molar-refractivity contribution in [3.8, 4) is 0 Å². The first kappa shape index (κ1) is 16.4. The van der Waals surface area contributed by atoms with E-state index in [1.807, 2.05) is 48.5 Å². The summed E-state index contributed by atoms with van der Waals surface area (Å²) in [5.41, 5.74) is 7.40. The Kier molecular flexibility index (Phi) is 5.16. The van der Waals surface area contributed by atoms with E-state index in [4.69, 9.17) is 0 Å². The lowest BCUT2D eigenvalue weighted by atomic mass is 10.1. The molecule has 0 fully saturated rings. The molecule has 0 unspecified atom stereocenters. The van der Waals surface area contributed by atoms with E-state index < -0.39 is 0 Å². The van der Waals surface area contributed by atoms with Gasteiger partial charge in [0.2, 0.25) is 12.3 Å². The number of nitrogens with one attached hydrogen (secondary N) is 2. The van der Waals surface area contributed by atoms with E-state index in [0.717, 1.165) is 5.69 Å². The molecule has 25 heavy (non-hydrogen) atoms. The summed E-state index contributed by atoms with van der Waals surface area (Å²) < 4.78 is 1.70. The Morgan fingerprint density at radius 1 is 0.800 bits per heavy atom. The molecule has 0 aliphatic carbocycles. The molecule has 2 aromatic carbocycles. The molecule has 5 heteroatoms. The lowest BCUT2D eigenvalue weighted by molar-refractivity contribution is -0.683. The Bertz CT molecular complexity index is 864. The van der Waals surface area contributed by atoms with Crippen LogP contribution < -0.4 is 15.4 Å². The molecule has 0 saturated carbocycles. The fraction of sp³-hybridized carbons (Fsp3) is 0.0500. The average molecular weight is 332 g/mol. The van der Waals surface area contributed by atoms with E-state index in [1.54, 1.807) is 41.2 Å². The molecule has 3 aromatic rings. The van der Waals surface area contributed by atoms with E-state index in [-0.39, 0.29) is 18.2 Å². The zero-order valence-corrected chi connectivity index (χ0v) is 13.6. The molecule has 124 valence electrons. The van der Waals surface area contributed by atoms with Gasteiger partial charge in [-0.1, -0.05) is 48.5 Å². The molecule has 0 spiro atoms. The Balaban J connectivity index is 1.64. The first-order chi connectivity index (χ1) is 12.2. The van der Waals surface area contributed by atoms with Gasteiger partial charge in [0.05, 0.1) is 5.69 Å². The molecule has 0 radical (unpaired) electrons. The smallest absolute Gasteiger partial charge is 0.275 e. The highest BCUT2D eigenvalue weighted by atomic mass is 16.2. The molecular formula is C20H18N3O2+. The van der Waals surface area contributed by atoms with Crippen molar-refractivity contribution >= 4 is 17.4 Å². The van der Waals surface area contributed by atoms with Crippen LogP contribution in [0.5, 0.6) is 0 Å². The molecule has 0 saturated heterocycles. The maximum absolute atomic E-state index is 12.3. The number of hydrogen-bond donors (Lipinski definition) is 2. The predicted octanol–water partition coefficient (Wildman–Crippen LogP) is 2.61. The van der Waals surface area contributed by atoms with Crippen LogP contribution in [0.25, 0.3) is 0 Å². The lowest BCUT2D eigenvalue weighted by Gasteiger charge is -2.07. The summed E-state index contributed by atoms with van der Waals surface area (Å²) >= 11 is 0. The van der Waals surface area contributed by atoms with Crippen molar-refractivity contribution in [2.24, 2.45) is 0 Å². The van der Waals surface area contributed by atoms with E-state index >= 15 is 0 Å². The number of amides is 1. The number of nitrogens with zero attached hydrogens (tertiary/aromatic N) is 1. The van der Waals surface area contributed by atoms with Crippen LogP contribution in [-0.4, -0.2) is 11.7 Å². The molecule has 2 N–H and O–H groups in total. The van der Waals surface area contributed by atoms with E-state index in [1.165, 1.54) is 0 Å². The number of para-hydroxylation sites is 1. The van der Waals surface area contributed by atoms with Crippen LogP contribution in [0, 0.1) is 0 Å². The van der Waals surface area contributed by atoms with Gasteiger partial charge in [0.15, 0.2) is 12.4 Å². The maximum atomic E-state index is 12.3. The highest BCUT2D eigenvalue weighted by Crippen LogP contribution is 2.04. The summed E-state index contributed by atoms with van der Waals surface area (Å²) in [6.45, 7) is 0.178. The normalized spacial score (nSPS) is 10.1. The van der Waals surface area contributed by atoms with Crippen molar-refractivity contribution in [3.63, 3.8) is 0 Å². The van der Waals surface area contributed by atoms with Gasteiger partial charge >= 0.3 is 0 Å². The van der Waals surface area contributed by atoms with Gasteiger partial charge in [0.1, 0.15) is 5.56 Å². The number of Topliss-reactive ketones (excluding diaryl/α,β-unsaturated/α-hetero) is 1. The zero-order valence-electron chi connectivity index (χ0n) is 13.6.